The standard InChI is InChI=1S/C89H138N24O24S/c1-12-47(10)72(111-86(135)71(46(8)9)110-81(130)63(41-138)108-74(123)54(16-13-29-96-89(93)94)100-80(129)62(40-114)107-79(128)60(37-68(120)121)105-83(132)69(91)48(11)115)84(133)97-39-67(119)99-57(32-43(2)3)76(125)103-59(35-50-21-25-53(117)26-22-50)78(127)106-61(36-51-38-95-42-98-51)87(136)113-31-15-18-65(113)88(137)112-30-14-17-64(112)82(131)104-58(33-44(4)5)77(126)101-55(27-28-66(90)118)75(124)109-70(45(6)7)85(134)102-56(73(92)122)34-49-19-23-52(116)24-20-49/h19-26,38,42-48,54-65,69-72,114-117,138H,12-18,27-37,39-41,91H2,1-11H3,(H2,90,118)(H2,92,122)(H,95,98)(H,97,133)(H,99,119)(H,100,129)(H,101,126)(H,102,134)(H,103,125)(H,104,131)(H,105,132)(H,106,127)(H,107,128)(H,108,123)(H,109,124)(H,110,130)(H,111,135)(H,120,121)(H4,93,94,96)/t47-,48-,54-,55+,56+,57+,58+,59-,60+,61-,62+,63+,64+,65+,69-,70-,71+,72+/m0/s1. The van der Waals surface area contributed by atoms with Crippen LogP contribution < -0.4 is 103 Å². The van der Waals surface area contributed by atoms with Crippen LogP contribution in [0.2, 0.25) is 0 Å². The fourth-order valence-electron chi connectivity index (χ4n) is 15.2. The summed E-state index contributed by atoms with van der Waals surface area (Å²) in [5.41, 5.74) is 23.6. The van der Waals surface area contributed by atoms with Gasteiger partial charge in [0.25, 0.3) is 0 Å². The topological polar surface area (TPSA) is 769 Å². The highest BCUT2D eigenvalue weighted by atomic mass is 32.1. The van der Waals surface area contributed by atoms with Gasteiger partial charge in [-0.3, -0.25) is 96.5 Å². The van der Waals surface area contributed by atoms with Gasteiger partial charge in [-0.15, -0.1) is 0 Å². The molecule has 49 heteroatoms. The largest absolute Gasteiger partial charge is 0.508 e. The maximum absolute atomic E-state index is 15.3. The molecule has 18 amide bonds. The fraction of sp³-hybridized carbons (Fsp3) is 0.607. The molecule has 0 saturated carbocycles. The predicted molar refractivity (Wildman–Crippen MR) is 501 cm³/mol. The number of carbonyl (C=O) groups is 19. The Morgan fingerprint density at radius 3 is 1.46 bits per heavy atom. The molecule has 2 aliphatic heterocycles. The molecule has 0 radical (unpaired) electrons. The molecule has 3 heterocycles. The molecule has 2 saturated heterocycles. The third-order valence-corrected chi connectivity index (χ3v) is 23.5. The summed E-state index contributed by atoms with van der Waals surface area (Å²) in [4.78, 5) is 275. The number of aliphatic carboxylic acids is 1. The van der Waals surface area contributed by atoms with Crippen LogP contribution in [0, 0.1) is 35.0 Å². The number of aromatic amines is 1. The number of carboxylic acid groups (broad SMARTS) is 1. The molecule has 138 heavy (non-hydrogen) atoms. The number of amides is 18. The molecule has 0 bridgehead atoms. The monoisotopic (exact) mass is 1960 g/mol. The molecule has 30 N–H and O–H groups in total. The number of aromatic hydroxyl groups is 2. The Morgan fingerprint density at radius 2 is 0.957 bits per heavy atom. The Balaban J connectivity index is 1.31. The normalized spacial score (nSPS) is 17.0. The van der Waals surface area contributed by atoms with Crippen LogP contribution >= 0.6 is 12.6 Å². The van der Waals surface area contributed by atoms with E-state index in [1.54, 1.807) is 69.2 Å². The molecule has 3 aromatic rings. The number of aliphatic hydroxyl groups excluding tert-OH is 2. The number of H-pyrrole nitrogens is 1. The number of imidazole rings is 1. The highest BCUT2D eigenvalue weighted by molar-refractivity contribution is 7.80. The first-order valence-corrected chi connectivity index (χ1v) is 46.5. The van der Waals surface area contributed by atoms with E-state index in [9.17, 15) is 102 Å². The number of guanidine groups is 1. The highest BCUT2D eigenvalue weighted by Gasteiger charge is 2.46. The van der Waals surface area contributed by atoms with Crippen molar-refractivity contribution in [2.24, 2.45) is 52.5 Å². The van der Waals surface area contributed by atoms with Crippen LogP contribution in [0.25, 0.3) is 0 Å². The summed E-state index contributed by atoms with van der Waals surface area (Å²) in [6.07, 6.45) is -0.337. The second kappa shape index (κ2) is 56.4. The van der Waals surface area contributed by atoms with E-state index >= 15 is 14.4 Å². The van der Waals surface area contributed by atoms with Crippen LogP contribution in [0.3, 0.4) is 0 Å². The fourth-order valence-corrected chi connectivity index (χ4v) is 15.4. The molecule has 764 valence electrons. The van der Waals surface area contributed by atoms with Crippen LogP contribution in [-0.4, -0.2) is 305 Å². The van der Waals surface area contributed by atoms with E-state index < -0.39 is 271 Å². The Bertz CT molecular complexity index is 4700. The summed E-state index contributed by atoms with van der Waals surface area (Å²) in [5.74, 6) is -21.9. The first-order chi connectivity index (χ1) is 65.0. The number of hydrogen-bond acceptors (Lipinski definition) is 27. The number of aromatic nitrogens is 2. The molecule has 1 aromatic heterocycles. The van der Waals surface area contributed by atoms with Crippen LogP contribution in [0.15, 0.2) is 61.1 Å². The molecule has 2 aromatic carbocycles. The van der Waals surface area contributed by atoms with Crippen molar-refractivity contribution in [3.8, 4) is 11.5 Å². The van der Waals surface area contributed by atoms with E-state index in [1.807, 2.05) is 0 Å². The van der Waals surface area contributed by atoms with Gasteiger partial charge in [-0.2, -0.15) is 12.6 Å². The van der Waals surface area contributed by atoms with E-state index in [0.717, 1.165) is 6.92 Å². The Kier molecular flexibility index (Phi) is 47.1. The van der Waals surface area contributed by atoms with E-state index in [0.29, 0.717) is 23.2 Å². The summed E-state index contributed by atoms with van der Waals surface area (Å²) in [6, 6.07) is -12.3. The predicted octanol–water partition coefficient (Wildman–Crippen LogP) is -6.18. The molecular weight excluding hydrogens is 1820 g/mol. The number of likely N-dealkylation sites (tertiary alicyclic amines) is 2. The van der Waals surface area contributed by atoms with Crippen LogP contribution in [0.5, 0.6) is 11.5 Å². The number of rotatable bonds is 57. The lowest BCUT2D eigenvalue weighted by molar-refractivity contribution is -0.148. The van der Waals surface area contributed by atoms with Gasteiger partial charge in [0.1, 0.15) is 108 Å². The zero-order valence-electron chi connectivity index (χ0n) is 79.4. The van der Waals surface area contributed by atoms with Crippen molar-refractivity contribution < 1.29 is 117 Å². The van der Waals surface area contributed by atoms with E-state index in [-0.39, 0.29) is 120 Å². The summed E-state index contributed by atoms with van der Waals surface area (Å²) in [6.45, 7) is 15.9. The molecular formula is C89H138N24O24S. The van der Waals surface area contributed by atoms with Crippen LogP contribution in [0.4, 0.5) is 0 Å². The van der Waals surface area contributed by atoms with Gasteiger partial charge in [-0.05, 0) is 130 Å². The minimum atomic E-state index is -1.90. The number of benzene rings is 2. The number of carboxylic acids is 1. The molecule has 0 aliphatic carbocycles. The van der Waals surface area contributed by atoms with Crippen molar-refractivity contribution >= 4 is 131 Å². The van der Waals surface area contributed by atoms with Crippen molar-refractivity contribution in [1.82, 2.24) is 99.5 Å². The number of nitrogens with two attached hydrogens (primary N) is 4. The Morgan fingerprint density at radius 1 is 0.507 bits per heavy atom. The van der Waals surface area contributed by atoms with Gasteiger partial charge in [-0.25, -0.2) is 4.98 Å². The maximum Gasteiger partial charge on any atom is 0.305 e. The van der Waals surface area contributed by atoms with Crippen molar-refractivity contribution in [1.29, 1.82) is 5.41 Å². The second-order valence-corrected chi connectivity index (χ2v) is 36.4. The minimum absolute atomic E-state index is 0.00240. The summed E-state index contributed by atoms with van der Waals surface area (Å²) in [7, 11) is 0. The average Bonchev–Trinajstić information content (AvgIpc) is 1.64. The highest BCUT2D eigenvalue weighted by Crippen LogP contribution is 2.28. The van der Waals surface area contributed by atoms with Crippen molar-refractivity contribution in [3.05, 3.63) is 77.9 Å². The van der Waals surface area contributed by atoms with Gasteiger partial charge in [0.15, 0.2) is 5.96 Å². The van der Waals surface area contributed by atoms with Crippen LogP contribution in [-0.2, 0) is 110 Å². The zero-order chi connectivity index (χ0) is 103. The van der Waals surface area contributed by atoms with Gasteiger partial charge in [-0.1, -0.05) is 99.9 Å². The Labute approximate surface area is 804 Å². The number of primary amides is 2. The third-order valence-electron chi connectivity index (χ3n) is 23.1. The number of nitrogens with zero attached hydrogens (tertiary/aromatic N) is 3. The smallest absolute Gasteiger partial charge is 0.305 e. The van der Waals surface area contributed by atoms with Crippen molar-refractivity contribution in [2.45, 2.75) is 275 Å². The molecule has 48 nitrogen and oxygen atoms in total. The summed E-state index contributed by atoms with van der Waals surface area (Å²) >= 11 is 4.26. The molecule has 5 rings (SSSR count). The SMILES string of the molecule is CC[C@H](C)[C@@H](NC(=O)[C@H](NC(=O)[C@@H](CS)NC(=O)[C@H](CCCNC(=N)N)NC(=O)[C@@H](CO)NC(=O)[C@@H](CC(=O)O)NC(=O)[C@@H](N)[C@H](C)O)C(C)C)C(=O)NCC(=O)N[C@H](CC(C)C)C(=O)N[C@@H](Cc1ccc(O)cc1)C(=O)N[C@@H](Cc1cnc[nH]1)C(=O)N1CCC[C@@H]1C(=O)N1CCC[C@@H]1C(=O)N[C@H](CC(C)C)C(=O)N[C@H](CCC(N)=O)C(=O)N[C@H](C(=O)N[C@H](Cc1ccc(O)cc1)C(N)=O)C(C)C. The minimum Gasteiger partial charge on any atom is -0.508 e. The van der Waals surface area contributed by atoms with Crippen molar-refractivity contribution in [2.75, 3.05) is 38.5 Å². The van der Waals surface area contributed by atoms with Gasteiger partial charge in [0, 0.05) is 63.0 Å². The van der Waals surface area contributed by atoms with E-state index in [1.165, 1.54) is 70.9 Å². The first kappa shape index (κ1) is 115. The molecule has 18 atom stereocenters. The van der Waals surface area contributed by atoms with Gasteiger partial charge >= 0.3 is 5.97 Å². The molecule has 2 fully saturated rings. The number of phenolic OH excluding ortho intramolecular Hbond substituents is 2. The quantitative estimate of drug-likeness (QED) is 0.0108. The number of hydrogen-bond donors (Lipinski definition) is 27. The number of thiol groups is 1. The molecule has 0 spiro atoms. The van der Waals surface area contributed by atoms with Gasteiger partial charge < -0.3 is 143 Å². The summed E-state index contributed by atoms with van der Waals surface area (Å²) < 4.78 is 0. The molecule has 0 unspecified atom stereocenters. The van der Waals surface area contributed by atoms with Crippen molar-refractivity contribution in [3.63, 3.8) is 0 Å². The van der Waals surface area contributed by atoms with Gasteiger partial charge in [0.2, 0.25) is 106 Å². The molecule has 2 aliphatic rings. The number of aliphatic hydroxyl groups is 2. The number of nitrogens with one attached hydrogen (secondary N) is 17. The number of phenols is 2. The number of carbonyl (C=O) groups excluding carboxylic acids is 18. The lowest BCUT2D eigenvalue weighted by Crippen LogP contribution is -2.62. The van der Waals surface area contributed by atoms with Crippen LogP contribution in [0.1, 0.15) is 170 Å². The lowest BCUT2D eigenvalue weighted by atomic mass is 9.96. The third kappa shape index (κ3) is 37.3. The zero-order valence-corrected chi connectivity index (χ0v) is 80.3. The average molecular weight is 1960 g/mol. The lowest BCUT2D eigenvalue weighted by Gasteiger charge is -2.34. The second-order valence-electron chi connectivity index (χ2n) is 36.0. The Hall–Kier alpha value is -13.3. The summed E-state index contributed by atoms with van der Waals surface area (Å²) in [5, 5.41) is 95.0. The first-order valence-electron chi connectivity index (χ1n) is 45.9. The van der Waals surface area contributed by atoms with Gasteiger partial charge in [0.05, 0.1) is 32.0 Å². The van der Waals surface area contributed by atoms with E-state index in [2.05, 4.69) is 102 Å². The van der Waals surface area contributed by atoms with E-state index in [4.69, 9.17) is 28.3 Å². The maximum atomic E-state index is 15.3.